The summed E-state index contributed by atoms with van der Waals surface area (Å²) < 4.78 is 19.0. The maximum absolute atomic E-state index is 13.0. The van der Waals surface area contributed by atoms with Gasteiger partial charge in [0.25, 0.3) is 0 Å². The Hall–Kier alpha value is -0.800. The van der Waals surface area contributed by atoms with E-state index in [4.69, 9.17) is 16.3 Å². The topological polar surface area (TPSA) is 9.23 Å². The minimum atomic E-state index is -0.394. The fraction of sp³-hybridized carbons (Fsp3) is 0.111. The van der Waals surface area contributed by atoms with Crippen molar-refractivity contribution in [1.29, 1.82) is 0 Å². The lowest BCUT2D eigenvalue weighted by molar-refractivity contribution is 0.427. The van der Waals surface area contributed by atoms with Crippen LogP contribution in [0.15, 0.2) is 18.2 Å². The molecule has 0 saturated carbocycles. The van der Waals surface area contributed by atoms with Crippen molar-refractivity contribution in [2.24, 2.45) is 0 Å². The molecule has 0 spiro atoms. The van der Waals surface area contributed by atoms with Gasteiger partial charge in [-0.15, -0.1) is 0 Å². The highest BCUT2D eigenvalue weighted by molar-refractivity contribution is 7.20. The summed E-state index contributed by atoms with van der Waals surface area (Å²) in [5.74, 6) is -0.394. The summed E-state index contributed by atoms with van der Waals surface area (Å²) >= 11 is 7.22. The van der Waals surface area contributed by atoms with E-state index in [1.807, 2.05) is 0 Å². The summed E-state index contributed by atoms with van der Waals surface area (Å²) in [4.78, 5) is 0. The smallest absolute Gasteiger partial charge is 0.174 e. The zero-order valence-electron chi connectivity index (χ0n) is 6.80. The Balaban J connectivity index is 2.76. The molecular formula is C9H6ClFOS. The highest BCUT2D eigenvalue weighted by Gasteiger charge is 2.08. The maximum atomic E-state index is 13.0. The van der Waals surface area contributed by atoms with Crippen LogP contribution in [0, 0.1) is 5.82 Å². The van der Waals surface area contributed by atoms with Crippen molar-refractivity contribution in [2.45, 2.75) is 0 Å². The molecular weight excluding hydrogens is 211 g/mol. The first-order valence-electron chi connectivity index (χ1n) is 3.64. The summed E-state index contributed by atoms with van der Waals surface area (Å²) in [5.41, 5.74) is 0. The molecule has 0 aliphatic rings. The lowest BCUT2D eigenvalue weighted by Gasteiger charge is -1.93. The lowest BCUT2D eigenvalue weighted by atomic mass is 10.2. The number of methoxy groups -OCH3 is 1. The van der Waals surface area contributed by atoms with Gasteiger partial charge in [0.05, 0.1) is 12.1 Å². The first-order valence-corrected chi connectivity index (χ1v) is 4.83. The molecule has 0 aliphatic heterocycles. The molecule has 13 heavy (non-hydrogen) atoms. The standard InChI is InChI=1S/C9H6ClFOS/c1-12-8-4-5-7(13-8)3-2-6(11)9(5)10/h2-4H,1H3. The van der Waals surface area contributed by atoms with Gasteiger partial charge in [0.1, 0.15) is 5.82 Å². The highest BCUT2D eigenvalue weighted by Crippen LogP contribution is 2.36. The number of fused-ring (bicyclic) bond motifs is 1. The number of rotatable bonds is 1. The molecule has 4 heteroatoms. The molecule has 0 N–H and O–H groups in total. The van der Waals surface area contributed by atoms with E-state index in [1.54, 1.807) is 19.2 Å². The molecule has 1 nitrogen and oxygen atoms in total. The van der Waals surface area contributed by atoms with Crippen molar-refractivity contribution in [1.82, 2.24) is 0 Å². The molecule has 1 aromatic heterocycles. The number of hydrogen-bond donors (Lipinski definition) is 0. The highest BCUT2D eigenvalue weighted by atomic mass is 35.5. The maximum Gasteiger partial charge on any atom is 0.174 e. The van der Waals surface area contributed by atoms with Crippen LogP contribution in [0.5, 0.6) is 5.06 Å². The van der Waals surface area contributed by atoms with Crippen LogP contribution in [0.3, 0.4) is 0 Å². The quantitative estimate of drug-likeness (QED) is 0.706. The second-order valence-electron chi connectivity index (χ2n) is 2.54. The zero-order valence-corrected chi connectivity index (χ0v) is 8.38. The van der Waals surface area contributed by atoms with Gasteiger partial charge in [-0.25, -0.2) is 4.39 Å². The van der Waals surface area contributed by atoms with Gasteiger partial charge < -0.3 is 4.74 Å². The van der Waals surface area contributed by atoms with E-state index in [0.29, 0.717) is 5.39 Å². The SMILES string of the molecule is COc1cc2c(Cl)c(F)ccc2s1. The Morgan fingerprint density at radius 1 is 1.46 bits per heavy atom. The molecule has 1 aromatic carbocycles. The van der Waals surface area contributed by atoms with Crippen LogP contribution in [-0.2, 0) is 0 Å². The second-order valence-corrected chi connectivity index (χ2v) is 3.97. The van der Waals surface area contributed by atoms with Crippen molar-refractivity contribution < 1.29 is 9.13 Å². The molecule has 2 rings (SSSR count). The third kappa shape index (κ3) is 1.38. The molecule has 2 aromatic rings. The molecule has 1 heterocycles. The van der Waals surface area contributed by atoms with Gasteiger partial charge in [0, 0.05) is 16.2 Å². The van der Waals surface area contributed by atoms with Crippen molar-refractivity contribution in [3.63, 3.8) is 0 Å². The Kier molecular flexibility index (Phi) is 2.14. The van der Waals surface area contributed by atoms with Crippen molar-refractivity contribution in [3.8, 4) is 5.06 Å². The predicted molar refractivity (Wildman–Crippen MR) is 53.3 cm³/mol. The van der Waals surface area contributed by atoms with E-state index in [2.05, 4.69) is 0 Å². The van der Waals surface area contributed by atoms with E-state index in [-0.39, 0.29) is 5.02 Å². The predicted octanol–water partition coefficient (Wildman–Crippen LogP) is 3.70. The van der Waals surface area contributed by atoms with E-state index >= 15 is 0 Å². The monoisotopic (exact) mass is 216 g/mol. The Morgan fingerprint density at radius 3 is 2.92 bits per heavy atom. The van der Waals surface area contributed by atoms with Gasteiger partial charge in [-0.05, 0) is 12.1 Å². The van der Waals surface area contributed by atoms with Crippen molar-refractivity contribution in [3.05, 3.63) is 29.0 Å². The van der Waals surface area contributed by atoms with E-state index in [1.165, 1.54) is 17.4 Å². The van der Waals surface area contributed by atoms with Crippen LogP contribution in [0.25, 0.3) is 10.1 Å². The van der Waals surface area contributed by atoms with E-state index in [0.717, 1.165) is 9.76 Å². The Labute approximate surface area is 83.7 Å². The second kappa shape index (κ2) is 3.16. The van der Waals surface area contributed by atoms with E-state index < -0.39 is 5.82 Å². The average Bonchev–Trinajstić information content (AvgIpc) is 2.55. The van der Waals surface area contributed by atoms with Crippen LogP contribution >= 0.6 is 22.9 Å². The number of ether oxygens (including phenoxy) is 1. The van der Waals surface area contributed by atoms with Crippen molar-refractivity contribution in [2.75, 3.05) is 7.11 Å². The average molecular weight is 217 g/mol. The fourth-order valence-electron chi connectivity index (χ4n) is 1.13. The summed E-state index contributed by atoms with van der Waals surface area (Å²) in [6.07, 6.45) is 0. The third-order valence-corrected chi connectivity index (χ3v) is 3.21. The van der Waals surface area contributed by atoms with Gasteiger partial charge >= 0.3 is 0 Å². The number of benzene rings is 1. The Morgan fingerprint density at radius 2 is 2.23 bits per heavy atom. The minimum absolute atomic E-state index is 0.164. The molecule has 0 atom stereocenters. The van der Waals surface area contributed by atoms with Crippen LogP contribution in [-0.4, -0.2) is 7.11 Å². The number of halogens is 2. The largest absolute Gasteiger partial charge is 0.487 e. The first-order chi connectivity index (χ1) is 6.22. The summed E-state index contributed by atoms with van der Waals surface area (Å²) in [5, 5.41) is 1.61. The molecule has 0 fully saturated rings. The van der Waals surface area contributed by atoms with Gasteiger partial charge in [-0.1, -0.05) is 22.9 Å². The molecule has 0 unspecified atom stereocenters. The van der Waals surface area contributed by atoms with Crippen LogP contribution in [0.1, 0.15) is 0 Å². The summed E-state index contributed by atoms with van der Waals surface area (Å²) in [7, 11) is 1.58. The van der Waals surface area contributed by atoms with Crippen LogP contribution in [0.4, 0.5) is 4.39 Å². The number of thiophene rings is 1. The first kappa shape index (κ1) is 8.78. The van der Waals surface area contributed by atoms with Gasteiger partial charge in [0.15, 0.2) is 5.06 Å². The van der Waals surface area contributed by atoms with Gasteiger partial charge in [0.2, 0.25) is 0 Å². The molecule has 0 amide bonds. The zero-order chi connectivity index (χ0) is 9.42. The molecule has 68 valence electrons. The molecule has 0 saturated heterocycles. The van der Waals surface area contributed by atoms with Gasteiger partial charge in [-0.2, -0.15) is 0 Å². The fourth-order valence-corrected chi connectivity index (χ4v) is 2.29. The molecule has 0 aliphatic carbocycles. The summed E-state index contributed by atoms with van der Waals surface area (Å²) in [6.45, 7) is 0. The third-order valence-electron chi connectivity index (χ3n) is 1.77. The Bertz CT molecular complexity index is 452. The minimum Gasteiger partial charge on any atom is -0.487 e. The van der Waals surface area contributed by atoms with Gasteiger partial charge in [-0.3, -0.25) is 0 Å². The van der Waals surface area contributed by atoms with Crippen LogP contribution in [0.2, 0.25) is 5.02 Å². The summed E-state index contributed by atoms with van der Waals surface area (Å²) in [6, 6.07) is 4.80. The molecule has 0 bridgehead atoms. The lowest BCUT2D eigenvalue weighted by Crippen LogP contribution is -1.75. The van der Waals surface area contributed by atoms with Crippen molar-refractivity contribution >= 4 is 33.0 Å². The molecule has 0 radical (unpaired) electrons. The van der Waals surface area contributed by atoms with E-state index in [9.17, 15) is 4.39 Å². The normalized spacial score (nSPS) is 10.7. The number of hydrogen-bond acceptors (Lipinski definition) is 2. The van der Waals surface area contributed by atoms with Crippen LogP contribution < -0.4 is 4.74 Å².